The first-order chi connectivity index (χ1) is 15.0. The molecule has 4 rings (SSSR count). The van der Waals surface area contributed by atoms with Crippen LogP contribution < -0.4 is 10.1 Å². The van der Waals surface area contributed by atoms with Crippen LogP contribution in [0.2, 0.25) is 0 Å². The van der Waals surface area contributed by atoms with Gasteiger partial charge in [0.2, 0.25) is 0 Å². The van der Waals surface area contributed by atoms with Crippen molar-refractivity contribution in [2.24, 2.45) is 0 Å². The van der Waals surface area contributed by atoms with Gasteiger partial charge in [0, 0.05) is 29.9 Å². The Kier molecular flexibility index (Phi) is 6.03. The molecule has 2 amide bonds. The second-order valence-electron chi connectivity index (χ2n) is 7.90. The molecule has 5 heteroatoms. The van der Waals surface area contributed by atoms with Crippen molar-refractivity contribution in [2.45, 2.75) is 26.8 Å². The molecule has 0 saturated carbocycles. The average Bonchev–Trinajstić information content (AvgIpc) is 2.77. The van der Waals surface area contributed by atoms with E-state index in [-0.39, 0.29) is 18.4 Å². The van der Waals surface area contributed by atoms with E-state index in [1.807, 2.05) is 79.4 Å². The minimum atomic E-state index is -0.225. The van der Waals surface area contributed by atoms with Gasteiger partial charge in [0.15, 0.2) is 6.61 Å². The molecule has 158 valence electrons. The summed E-state index contributed by atoms with van der Waals surface area (Å²) >= 11 is 0. The van der Waals surface area contributed by atoms with Crippen molar-refractivity contribution in [1.29, 1.82) is 0 Å². The molecule has 0 spiro atoms. The van der Waals surface area contributed by atoms with E-state index in [0.717, 1.165) is 27.9 Å². The number of fused-ring (bicyclic) bond motifs is 1. The van der Waals surface area contributed by atoms with Crippen molar-refractivity contribution in [1.82, 2.24) is 4.90 Å². The maximum absolute atomic E-state index is 13.0. The number of rotatable bonds is 6. The molecule has 0 aromatic heterocycles. The fourth-order valence-electron chi connectivity index (χ4n) is 3.92. The third kappa shape index (κ3) is 4.77. The standard InChI is InChI=1S/C26H26N2O3/c1-18-11-12-23(19(2)15-18)27-25(29)17-31-24-10-6-9-22-21(24)13-14-28(26(22)30)16-20-7-4-3-5-8-20/h3-12,15H,13-14,16-17H2,1-2H3,(H,27,29). The Morgan fingerprint density at radius 3 is 2.61 bits per heavy atom. The lowest BCUT2D eigenvalue weighted by Crippen LogP contribution is -2.37. The molecule has 1 aliphatic heterocycles. The zero-order valence-electron chi connectivity index (χ0n) is 17.9. The van der Waals surface area contributed by atoms with E-state index in [1.165, 1.54) is 0 Å². The number of nitrogens with one attached hydrogen (secondary N) is 1. The van der Waals surface area contributed by atoms with Crippen molar-refractivity contribution in [2.75, 3.05) is 18.5 Å². The van der Waals surface area contributed by atoms with E-state index in [1.54, 1.807) is 6.07 Å². The number of carbonyl (C=O) groups excluding carboxylic acids is 2. The normalized spacial score (nSPS) is 13.0. The lowest BCUT2D eigenvalue weighted by atomic mass is 9.97. The number of carbonyl (C=O) groups is 2. The van der Waals surface area contributed by atoms with E-state index in [2.05, 4.69) is 5.32 Å². The number of hydrogen-bond donors (Lipinski definition) is 1. The van der Waals surface area contributed by atoms with Crippen LogP contribution in [-0.2, 0) is 17.8 Å². The summed E-state index contributed by atoms with van der Waals surface area (Å²) < 4.78 is 5.82. The Balaban J connectivity index is 1.42. The number of amides is 2. The quantitative estimate of drug-likeness (QED) is 0.645. The third-order valence-corrected chi connectivity index (χ3v) is 5.51. The Bertz CT molecular complexity index is 1110. The van der Waals surface area contributed by atoms with E-state index < -0.39 is 0 Å². The van der Waals surface area contributed by atoms with Crippen molar-refractivity contribution < 1.29 is 14.3 Å². The molecule has 0 radical (unpaired) electrons. The molecule has 0 unspecified atom stereocenters. The zero-order valence-corrected chi connectivity index (χ0v) is 17.9. The first-order valence-corrected chi connectivity index (χ1v) is 10.5. The van der Waals surface area contributed by atoms with Crippen molar-refractivity contribution in [3.05, 3.63) is 94.5 Å². The lowest BCUT2D eigenvalue weighted by molar-refractivity contribution is -0.118. The van der Waals surface area contributed by atoms with Crippen molar-refractivity contribution in [3.8, 4) is 5.75 Å². The molecule has 0 atom stereocenters. The average molecular weight is 415 g/mol. The van der Waals surface area contributed by atoms with E-state index >= 15 is 0 Å². The predicted molar refractivity (Wildman–Crippen MR) is 121 cm³/mol. The van der Waals surface area contributed by atoms with Gasteiger partial charge in [0.1, 0.15) is 5.75 Å². The van der Waals surface area contributed by atoms with Crippen LogP contribution in [0.5, 0.6) is 5.75 Å². The summed E-state index contributed by atoms with van der Waals surface area (Å²) in [5.74, 6) is 0.369. The van der Waals surface area contributed by atoms with Crippen LogP contribution in [0, 0.1) is 13.8 Å². The van der Waals surface area contributed by atoms with Gasteiger partial charge in [0.05, 0.1) is 0 Å². The highest BCUT2D eigenvalue weighted by Crippen LogP contribution is 2.29. The second-order valence-corrected chi connectivity index (χ2v) is 7.90. The van der Waals surface area contributed by atoms with Gasteiger partial charge >= 0.3 is 0 Å². The third-order valence-electron chi connectivity index (χ3n) is 5.51. The molecule has 0 fully saturated rings. The monoisotopic (exact) mass is 414 g/mol. The zero-order chi connectivity index (χ0) is 21.8. The Morgan fingerprint density at radius 1 is 1.03 bits per heavy atom. The Morgan fingerprint density at radius 2 is 1.84 bits per heavy atom. The van der Waals surface area contributed by atoms with Gasteiger partial charge in [-0.1, -0.05) is 54.1 Å². The number of benzene rings is 3. The highest BCUT2D eigenvalue weighted by Gasteiger charge is 2.26. The van der Waals surface area contributed by atoms with E-state index in [4.69, 9.17) is 4.74 Å². The van der Waals surface area contributed by atoms with Crippen LogP contribution in [-0.4, -0.2) is 29.9 Å². The molecule has 5 nitrogen and oxygen atoms in total. The van der Waals surface area contributed by atoms with Gasteiger partial charge in [-0.25, -0.2) is 0 Å². The molecular formula is C26H26N2O3. The summed E-state index contributed by atoms with van der Waals surface area (Å²) in [6, 6.07) is 21.3. The molecule has 1 N–H and O–H groups in total. The molecule has 0 bridgehead atoms. The van der Waals surface area contributed by atoms with Crippen LogP contribution in [0.3, 0.4) is 0 Å². The topological polar surface area (TPSA) is 58.6 Å². The predicted octanol–water partition coefficient (Wildman–Crippen LogP) is 4.52. The number of aryl methyl sites for hydroxylation is 2. The second kappa shape index (κ2) is 9.04. The molecule has 3 aromatic carbocycles. The highest BCUT2D eigenvalue weighted by atomic mass is 16.5. The van der Waals surface area contributed by atoms with Gasteiger partial charge in [0.25, 0.3) is 11.8 Å². The summed E-state index contributed by atoms with van der Waals surface area (Å²) in [5, 5.41) is 2.89. The van der Waals surface area contributed by atoms with Crippen LogP contribution in [0.1, 0.15) is 32.6 Å². The van der Waals surface area contributed by atoms with Gasteiger partial charge < -0.3 is 15.0 Å². The van der Waals surface area contributed by atoms with Crippen LogP contribution >= 0.6 is 0 Å². The van der Waals surface area contributed by atoms with Gasteiger partial charge in [-0.15, -0.1) is 0 Å². The highest BCUT2D eigenvalue weighted by molar-refractivity contribution is 5.97. The van der Waals surface area contributed by atoms with Crippen LogP contribution in [0.15, 0.2) is 66.7 Å². The molecule has 31 heavy (non-hydrogen) atoms. The first kappa shape index (κ1) is 20.7. The van der Waals surface area contributed by atoms with Crippen LogP contribution in [0.4, 0.5) is 5.69 Å². The summed E-state index contributed by atoms with van der Waals surface area (Å²) in [6.45, 7) is 5.08. The van der Waals surface area contributed by atoms with Gasteiger partial charge in [-0.3, -0.25) is 9.59 Å². The molecule has 3 aromatic rings. The summed E-state index contributed by atoms with van der Waals surface area (Å²) in [5.41, 5.74) is 5.56. The molecule has 0 aliphatic carbocycles. The minimum Gasteiger partial charge on any atom is -0.483 e. The maximum atomic E-state index is 13.0. The SMILES string of the molecule is Cc1ccc(NC(=O)COc2cccc3c2CCN(Cc2ccccc2)C3=O)c(C)c1. The van der Waals surface area contributed by atoms with Crippen molar-refractivity contribution in [3.63, 3.8) is 0 Å². The first-order valence-electron chi connectivity index (χ1n) is 10.5. The molecule has 0 saturated heterocycles. The maximum Gasteiger partial charge on any atom is 0.262 e. The summed E-state index contributed by atoms with van der Waals surface area (Å²) in [4.78, 5) is 27.3. The fourth-order valence-corrected chi connectivity index (χ4v) is 3.92. The summed E-state index contributed by atoms with van der Waals surface area (Å²) in [6.07, 6.45) is 0.697. The van der Waals surface area contributed by atoms with Crippen molar-refractivity contribution >= 4 is 17.5 Å². The smallest absolute Gasteiger partial charge is 0.262 e. The largest absolute Gasteiger partial charge is 0.483 e. The summed E-state index contributed by atoms with van der Waals surface area (Å²) in [7, 11) is 0. The lowest BCUT2D eigenvalue weighted by Gasteiger charge is -2.29. The Labute approximate surface area is 182 Å². The molecule has 1 aliphatic rings. The Hall–Kier alpha value is -3.60. The molecular weight excluding hydrogens is 388 g/mol. The van der Waals surface area contributed by atoms with E-state index in [9.17, 15) is 9.59 Å². The van der Waals surface area contributed by atoms with E-state index in [0.29, 0.717) is 30.8 Å². The van der Waals surface area contributed by atoms with Gasteiger partial charge in [-0.2, -0.15) is 0 Å². The van der Waals surface area contributed by atoms with Gasteiger partial charge in [-0.05, 0) is 49.6 Å². The number of ether oxygens (including phenoxy) is 1. The minimum absolute atomic E-state index is 0.00437. The number of hydrogen-bond acceptors (Lipinski definition) is 3. The fraction of sp³-hybridized carbons (Fsp3) is 0.231. The van der Waals surface area contributed by atoms with Crippen LogP contribution in [0.25, 0.3) is 0 Å². The number of anilines is 1. The molecule has 1 heterocycles. The number of nitrogens with zero attached hydrogens (tertiary/aromatic N) is 1.